The van der Waals surface area contributed by atoms with Crippen LogP contribution in [0.15, 0.2) is 83.5 Å². The van der Waals surface area contributed by atoms with E-state index in [0.717, 1.165) is 66.6 Å². The molecule has 204 valence electrons. The molecule has 9 heteroatoms. The highest BCUT2D eigenvalue weighted by Crippen LogP contribution is 2.35. The maximum absolute atomic E-state index is 12.7. The molecule has 3 aromatic heterocycles. The first kappa shape index (κ1) is 25.6. The lowest BCUT2D eigenvalue weighted by molar-refractivity contribution is -0.108. The van der Waals surface area contributed by atoms with Gasteiger partial charge < -0.3 is 23.4 Å². The predicted molar refractivity (Wildman–Crippen MR) is 154 cm³/mol. The van der Waals surface area contributed by atoms with Crippen molar-refractivity contribution in [2.24, 2.45) is 7.05 Å². The van der Waals surface area contributed by atoms with E-state index in [1.54, 1.807) is 18.2 Å². The number of methoxy groups -OCH3 is 1. The average molecular weight is 538 g/mol. The molecule has 1 aliphatic heterocycles. The van der Waals surface area contributed by atoms with E-state index in [1.165, 1.54) is 5.69 Å². The molecular formula is C31H31N5O4. The van der Waals surface area contributed by atoms with Gasteiger partial charge in [-0.15, -0.1) is 0 Å². The second-order valence-corrected chi connectivity index (χ2v) is 9.75. The van der Waals surface area contributed by atoms with Crippen molar-refractivity contribution in [3.63, 3.8) is 0 Å². The van der Waals surface area contributed by atoms with Gasteiger partial charge >= 0.3 is 0 Å². The third-order valence-electron chi connectivity index (χ3n) is 7.40. The van der Waals surface area contributed by atoms with E-state index in [4.69, 9.17) is 18.9 Å². The Hall–Kier alpha value is -4.63. The summed E-state index contributed by atoms with van der Waals surface area (Å²) in [6.07, 6.45) is 4.87. The molecule has 4 heterocycles. The van der Waals surface area contributed by atoms with Crippen LogP contribution >= 0.6 is 0 Å². The Kier molecular flexibility index (Phi) is 7.20. The van der Waals surface area contributed by atoms with E-state index >= 15 is 0 Å². The fourth-order valence-electron chi connectivity index (χ4n) is 5.24. The van der Waals surface area contributed by atoms with Gasteiger partial charge in [-0.05, 0) is 48.0 Å². The van der Waals surface area contributed by atoms with E-state index in [2.05, 4.69) is 34.1 Å². The second kappa shape index (κ2) is 11.2. The second-order valence-electron chi connectivity index (χ2n) is 9.75. The summed E-state index contributed by atoms with van der Waals surface area (Å²) in [5.41, 5.74) is 4.69. The molecule has 1 fully saturated rings. The maximum Gasteiger partial charge on any atom is 0.217 e. The van der Waals surface area contributed by atoms with E-state index in [0.29, 0.717) is 17.9 Å². The lowest BCUT2D eigenvalue weighted by Gasteiger charge is -2.29. The van der Waals surface area contributed by atoms with Crippen molar-refractivity contribution in [1.82, 2.24) is 14.5 Å². The van der Waals surface area contributed by atoms with Gasteiger partial charge in [0.1, 0.15) is 23.2 Å². The number of anilines is 2. The summed E-state index contributed by atoms with van der Waals surface area (Å²) in [6.45, 7) is 3.27. The van der Waals surface area contributed by atoms with Gasteiger partial charge in [-0.25, -0.2) is 4.98 Å². The molecule has 6 rings (SSSR count). The lowest BCUT2D eigenvalue weighted by Crippen LogP contribution is -2.36. The van der Waals surface area contributed by atoms with Crippen LogP contribution in [0, 0.1) is 0 Å². The number of aromatic nitrogens is 3. The van der Waals surface area contributed by atoms with E-state index in [1.807, 2.05) is 60.3 Å². The van der Waals surface area contributed by atoms with E-state index < -0.39 is 6.04 Å². The number of furan rings is 1. The van der Waals surface area contributed by atoms with Crippen molar-refractivity contribution in [3.05, 3.63) is 90.6 Å². The minimum Gasteiger partial charge on any atom is -0.497 e. The molecule has 5 aromatic rings. The summed E-state index contributed by atoms with van der Waals surface area (Å²) in [6, 6.07) is 21.2. The van der Waals surface area contributed by atoms with Crippen LogP contribution in [0.1, 0.15) is 17.6 Å². The molecule has 1 aliphatic rings. The van der Waals surface area contributed by atoms with Gasteiger partial charge in [-0.1, -0.05) is 18.2 Å². The summed E-state index contributed by atoms with van der Waals surface area (Å²) in [5.74, 6) is 1.87. The monoisotopic (exact) mass is 537 g/mol. The number of nitrogens with zero attached hydrogens (tertiary/aromatic N) is 5. The summed E-state index contributed by atoms with van der Waals surface area (Å²) in [5, 5.41) is 0.846. The number of carbonyl (C=O) groups excluding carboxylic acids is 1. The summed E-state index contributed by atoms with van der Waals surface area (Å²) < 4.78 is 19.0. The zero-order valence-electron chi connectivity index (χ0n) is 22.6. The van der Waals surface area contributed by atoms with E-state index in [9.17, 15) is 4.79 Å². The van der Waals surface area contributed by atoms with Crippen LogP contribution in [-0.2, 0) is 23.0 Å². The molecule has 9 nitrogen and oxygen atoms in total. The number of fused-ring (bicyclic) bond motifs is 1. The van der Waals surface area contributed by atoms with Gasteiger partial charge in [0.05, 0.1) is 32.2 Å². The SMILES string of the molecule is COc1ccc2oc(N(C=O)[C@@H](Cc3ccccn3)c3ncc(-c4ccc(N5CCOCC5)cc4)n3C)cc2c1. The number of benzene rings is 2. The molecule has 0 unspecified atom stereocenters. The number of carbonyl (C=O) groups is 1. The number of imidazole rings is 1. The van der Waals surface area contributed by atoms with E-state index in [-0.39, 0.29) is 0 Å². The number of rotatable bonds is 9. The molecule has 0 N–H and O–H groups in total. The quantitative estimate of drug-likeness (QED) is 0.244. The van der Waals surface area contributed by atoms with Crippen molar-refractivity contribution in [1.29, 1.82) is 0 Å². The van der Waals surface area contributed by atoms with Gasteiger partial charge in [-0.3, -0.25) is 14.7 Å². The molecule has 0 aliphatic carbocycles. The normalized spacial score (nSPS) is 14.3. The molecule has 2 aromatic carbocycles. The zero-order valence-corrected chi connectivity index (χ0v) is 22.6. The number of amides is 1. The van der Waals surface area contributed by atoms with Gasteiger partial charge in [0.25, 0.3) is 0 Å². The smallest absolute Gasteiger partial charge is 0.217 e. The van der Waals surface area contributed by atoms with Crippen LogP contribution in [0.2, 0.25) is 0 Å². The highest BCUT2D eigenvalue weighted by atomic mass is 16.5. The maximum atomic E-state index is 12.7. The van der Waals surface area contributed by atoms with Crippen LogP contribution < -0.4 is 14.5 Å². The minimum atomic E-state index is -0.457. The van der Waals surface area contributed by atoms with Crippen molar-refractivity contribution < 1.29 is 18.7 Å². The Labute approximate surface area is 232 Å². The molecule has 0 spiro atoms. The largest absolute Gasteiger partial charge is 0.497 e. The molecule has 1 amide bonds. The van der Waals surface area contributed by atoms with Gasteiger partial charge in [-0.2, -0.15) is 0 Å². The molecule has 0 saturated carbocycles. The lowest BCUT2D eigenvalue weighted by atomic mass is 10.1. The number of hydrogen-bond donors (Lipinski definition) is 0. The molecule has 40 heavy (non-hydrogen) atoms. The minimum absolute atomic E-state index is 0.429. The highest BCUT2D eigenvalue weighted by Gasteiger charge is 2.29. The fourth-order valence-corrected chi connectivity index (χ4v) is 5.24. The topological polar surface area (TPSA) is 85.9 Å². The first-order valence-electron chi connectivity index (χ1n) is 13.3. The number of ether oxygens (including phenoxy) is 2. The Balaban J connectivity index is 1.36. The number of pyridine rings is 1. The Morgan fingerprint density at radius 3 is 2.60 bits per heavy atom. The molecular weight excluding hydrogens is 506 g/mol. The van der Waals surface area contributed by atoms with Gasteiger partial charge in [0.15, 0.2) is 0 Å². The third-order valence-corrected chi connectivity index (χ3v) is 7.40. The highest BCUT2D eigenvalue weighted by molar-refractivity contribution is 5.86. The van der Waals surface area contributed by atoms with Crippen molar-refractivity contribution in [2.75, 3.05) is 43.2 Å². The first-order valence-corrected chi connectivity index (χ1v) is 13.3. The predicted octanol–water partition coefficient (Wildman–Crippen LogP) is 5.02. The van der Waals surface area contributed by atoms with Gasteiger partial charge in [0.2, 0.25) is 12.3 Å². The zero-order chi connectivity index (χ0) is 27.5. The fraction of sp³-hybridized carbons (Fsp3) is 0.258. The Bertz CT molecular complexity index is 1590. The summed E-state index contributed by atoms with van der Waals surface area (Å²) in [7, 11) is 3.60. The van der Waals surface area contributed by atoms with Crippen LogP contribution in [0.25, 0.3) is 22.2 Å². The van der Waals surface area contributed by atoms with Crippen LogP contribution in [-0.4, -0.2) is 54.4 Å². The molecule has 1 atom stereocenters. The molecule has 1 saturated heterocycles. The Morgan fingerprint density at radius 1 is 1.05 bits per heavy atom. The summed E-state index contributed by atoms with van der Waals surface area (Å²) >= 11 is 0. The number of hydrogen-bond acceptors (Lipinski definition) is 7. The Morgan fingerprint density at radius 2 is 1.88 bits per heavy atom. The van der Waals surface area contributed by atoms with Crippen LogP contribution in [0.3, 0.4) is 0 Å². The van der Waals surface area contributed by atoms with Crippen molar-refractivity contribution in [2.45, 2.75) is 12.5 Å². The van der Waals surface area contributed by atoms with Crippen LogP contribution in [0.5, 0.6) is 5.75 Å². The number of morpholine rings is 1. The van der Waals surface area contributed by atoms with Crippen molar-refractivity contribution in [3.8, 4) is 17.0 Å². The average Bonchev–Trinajstić information content (AvgIpc) is 3.61. The molecule has 0 bridgehead atoms. The standard InChI is InChI=1S/C31H31N5O4/c1-34-28(22-6-8-25(9-7-22)35-13-15-39-16-14-35)20-33-31(34)27(19-24-5-3-4-12-32-24)36(21-37)30-18-23-17-26(38-2)10-11-29(23)40-30/h3-12,17-18,20-21,27H,13-16,19H2,1-2H3/t27-/m0/s1. The first-order chi connectivity index (χ1) is 19.6. The molecule has 0 radical (unpaired) electrons. The summed E-state index contributed by atoms with van der Waals surface area (Å²) in [4.78, 5) is 25.9. The van der Waals surface area contributed by atoms with Crippen LogP contribution in [0.4, 0.5) is 11.6 Å². The third kappa shape index (κ3) is 5.03. The van der Waals surface area contributed by atoms with Crippen molar-refractivity contribution >= 4 is 29.0 Å². The van der Waals surface area contributed by atoms with Gasteiger partial charge in [0, 0.05) is 55.6 Å².